The second kappa shape index (κ2) is 13.8. The number of halogens is 3. The first-order chi connectivity index (χ1) is 19.3. The van der Waals surface area contributed by atoms with Gasteiger partial charge in [-0.2, -0.15) is 13.2 Å². The smallest absolute Gasteiger partial charge is 0.430 e. The van der Waals surface area contributed by atoms with E-state index in [4.69, 9.17) is 4.74 Å². The van der Waals surface area contributed by atoms with Crippen LogP contribution in [0.2, 0.25) is 0 Å². The highest BCUT2D eigenvalue weighted by atomic mass is 32.2. The molecule has 41 heavy (non-hydrogen) atoms. The zero-order valence-corrected chi connectivity index (χ0v) is 25.3. The molecular weight excluding hydrogens is 549 g/mol. The number of benzene rings is 1. The highest BCUT2D eigenvalue weighted by Crippen LogP contribution is 2.40. The fourth-order valence-electron chi connectivity index (χ4n) is 5.05. The third kappa shape index (κ3) is 8.31. The van der Waals surface area contributed by atoms with Gasteiger partial charge in [0, 0.05) is 24.8 Å². The fraction of sp³-hybridized carbons (Fsp3) is 0.500. The Bertz CT molecular complexity index is 1290. The number of alkyl halides is 3. The molecule has 0 saturated carbocycles. The van der Waals surface area contributed by atoms with Gasteiger partial charge in [0.2, 0.25) is 0 Å². The number of rotatable bonds is 12. The highest BCUT2D eigenvalue weighted by molar-refractivity contribution is 7.99. The van der Waals surface area contributed by atoms with Crippen molar-refractivity contribution in [3.63, 3.8) is 0 Å². The van der Waals surface area contributed by atoms with Gasteiger partial charge in [0.05, 0.1) is 11.0 Å². The van der Waals surface area contributed by atoms with Crippen LogP contribution in [-0.2, 0) is 33.3 Å². The highest BCUT2D eigenvalue weighted by Gasteiger charge is 2.36. The summed E-state index contributed by atoms with van der Waals surface area (Å²) in [6.07, 6.45) is 2.16. The van der Waals surface area contributed by atoms with Crippen LogP contribution in [-0.4, -0.2) is 27.5 Å². The third-order valence-electron chi connectivity index (χ3n) is 7.39. The lowest BCUT2D eigenvalue weighted by molar-refractivity contribution is -0.150. The van der Waals surface area contributed by atoms with Gasteiger partial charge in [-0.3, -0.25) is 9.59 Å². The molecule has 0 radical (unpaired) electrons. The molecule has 1 aromatic heterocycles. The van der Waals surface area contributed by atoms with Crippen molar-refractivity contribution in [1.29, 1.82) is 0 Å². The van der Waals surface area contributed by atoms with Gasteiger partial charge in [0.1, 0.15) is 11.5 Å². The van der Waals surface area contributed by atoms with Gasteiger partial charge < -0.3 is 4.74 Å². The number of nitrogens with zero attached hydrogens (tertiary/aromatic N) is 2. The van der Waals surface area contributed by atoms with Gasteiger partial charge in [-0.15, -0.1) is 6.58 Å². The number of aromatic nitrogens is 2. The second-order valence-electron chi connectivity index (χ2n) is 11.1. The normalized spacial score (nSPS) is 16.2. The van der Waals surface area contributed by atoms with E-state index in [1.165, 1.54) is 0 Å². The summed E-state index contributed by atoms with van der Waals surface area (Å²) in [5.41, 5.74) is 2.79. The molecule has 0 bridgehead atoms. The summed E-state index contributed by atoms with van der Waals surface area (Å²) in [5, 5.41) is 0.0358. The number of aryl methyl sites for hydroxylation is 3. The zero-order chi connectivity index (χ0) is 30.4. The fourth-order valence-corrected chi connectivity index (χ4v) is 5.98. The molecule has 0 saturated heterocycles. The molecule has 1 unspecified atom stereocenters. The van der Waals surface area contributed by atoms with E-state index in [1.807, 2.05) is 34.6 Å². The van der Waals surface area contributed by atoms with Crippen LogP contribution in [0.25, 0.3) is 5.57 Å². The van der Waals surface area contributed by atoms with Crippen LogP contribution in [0.1, 0.15) is 87.7 Å². The number of Topliss-reactive ketones (excluding diaryl/α,β-unsaturated/α-hetero) is 1. The molecule has 5 nitrogen and oxygen atoms in total. The molecule has 3 rings (SSSR count). The van der Waals surface area contributed by atoms with Gasteiger partial charge in [-0.25, -0.2) is 9.97 Å². The molecule has 0 fully saturated rings. The summed E-state index contributed by atoms with van der Waals surface area (Å²) < 4.78 is 45.2. The van der Waals surface area contributed by atoms with Crippen LogP contribution in [0.15, 0.2) is 48.0 Å². The first-order valence-corrected chi connectivity index (χ1v) is 15.0. The zero-order valence-electron chi connectivity index (χ0n) is 24.5. The third-order valence-corrected chi connectivity index (χ3v) is 8.28. The van der Waals surface area contributed by atoms with Gasteiger partial charge in [-0.1, -0.05) is 49.4 Å². The Morgan fingerprint density at radius 2 is 1.83 bits per heavy atom. The standard InChI is InChI=1S/C32H39F3N2O3S/c1-7-10-13-31(5,6)29(39)40-25-19-21(12-15-41-30-36-14-11-26(37-30)32(33,34)35)18-24(38)28(25)27-22(8-2)16-20(4)17-23(27)9-3/h7,11,14,16-17,21H,1,8-10,12-13,15,18-19H2,2-6H3. The lowest BCUT2D eigenvalue weighted by Gasteiger charge is -2.30. The summed E-state index contributed by atoms with van der Waals surface area (Å²) in [4.78, 5) is 34.8. The molecule has 0 N–H and O–H groups in total. The minimum absolute atomic E-state index is 0.0358. The molecule has 0 amide bonds. The molecule has 0 spiro atoms. The molecule has 1 heterocycles. The maximum atomic E-state index is 13.8. The molecule has 1 aliphatic rings. The average molecular weight is 589 g/mol. The van der Waals surface area contributed by atoms with Gasteiger partial charge in [0.25, 0.3) is 0 Å². The van der Waals surface area contributed by atoms with E-state index in [1.54, 1.807) is 6.08 Å². The van der Waals surface area contributed by atoms with Crippen LogP contribution in [0.4, 0.5) is 13.2 Å². The van der Waals surface area contributed by atoms with E-state index in [2.05, 4.69) is 28.7 Å². The Morgan fingerprint density at radius 3 is 2.41 bits per heavy atom. The molecule has 1 aliphatic carbocycles. The first-order valence-electron chi connectivity index (χ1n) is 14.1. The largest absolute Gasteiger partial charge is 0.433 e. The Morgan fingerprint density at radius 1 is 1.17 bits per heavy atom. The van der Waals surface area contributed by atoms with Crippen molar-refractivity contribution in [2.75, 3.05) is 5.75 Å². The summed E-state index contributed by atoms with van der Waals surface area (Å²) in [6, 6.07) is 5.01. The summed E-state index contributed by atoms with van der Waals surface area (Å²) in [5.74, 6) is 0.198. The van der Waals surface area contributed by atoms with Crippen LogP contribution in [0.3, 0.4) is 0 Å². The summed E-state index contributed by atoms with van der Waals surface area (Å²) in [6.45, 7) is 13.5. The number of allylic oxidation sites excluding steroid dienone is 3. The van der Waals surface area contributed by atoms with Crippen molar-refractivity contribution < 1.29 is 27.5 Å². The number of esters is 1. The number of ketones is 1. The van der Waals surface area contributed by atoms with Crippen molar-refractivity contribution in [3.05, 3.63) is 70.8 Å². The van der Waals surface area contributed by atoms with Gasteiger partial charge >= 0.3 is 12.1 Å². The number of carbonyl (C=O) groups is 2. The predicted molar refractivity (Wildman–Crippen MR) is 156 cm³/mol. The van der Waals surface area contributed by atoms with Crippen LogP contribution < -0.4 is 0 Å². The summed E-state index contributed by atoms with van der Waals surface area (Å²) >= 11 is 1.12. The quantitative estimate of drug-likeness (QED) is 0.107. The van der Waals surface area contributed by atoms with E-state index in [0.717, 1.165) is 59.1 Å². The second-order valence-corrected chi connectivity index (χ2v) is 12.2. The molecule has 2 aromatic rings. The SMILES string of the molecule is C=CCCC(C)(C)C(=O)OC1=C(c2c(CC)cc(C)cc2CC)C(=O)CC(CCSc2nccc(C(F)(F)F)n2)C1. The Balaban J connectivity index is 1.93. The minimum Gasteiger partial charge on any atom is -0.430 e. The minimum atomic E-state index is -4.54. The lowest BCUT2D eigenvalue weighted by atomic mass is 9.79. The van der Waals surface area contributed by atoms with E-state index >= 15 is 0 Å². The van der Waals surface area contributed by atoms with Crippen LogP contribution in [0, 0.1) is 18.3 Å². The number of thioether (sulfide) groups is 1. The molecule has 1 aromatic carbocycles. The van der Waals surface area contributed by atoms with Gasteiger partial charge in [-0.05, 0) is 81.5 Å². The molecule has 222 valence electrons. The first kappa shape index (κ1) is 32.6. The number of hydrogen-bond acceptors (Lipinski definition) is 6. The molecule has 9 heteroatoms. The van der Waals surface area contributed by atoms with Crippen molar-refractivity contribution in [3.8, 4) is 0 Å². The maximum Gasteiger partial charge on any atom is 0.433 e. The van der Waals surface area contributed by atoms with Crippen molar-refractivity contribution in [1.82, 2.24) is 9.97 Å². The number of ether oxygens (including phenoxy) is 1. The lowest BCUT2D eigenvalue weighted by Crippen LogP contribution is -2.29. The van der Waals surface area contributed by atoms with E-state index in [0.29, 0.717) is 42.8 Å². The number of carbonyl (C=O) groups excluding carboxylic acids is 2. The van der Waals surface area contributed by atoms with E-state index in [-0.39, 0.29) is 23.3 Å². The maximum absolute atomic E-state index is 13.8. The average Bonchev–Trinajstić information content (AvgIpc) is 2.91. The molecular formula is C32H39F3N2O3S. The predicted octanol–water partition coefficient (Wildman–Crippen LogP) is 8.34. The summed E-state index contributed by atoms with van der Waals surface area (Å²) in [7, 11) is 0. The van der Waals surface area contributed by atoms with Crippen molar-refractivity contribution in [2.45, 2.75) is 90.9 Å². The van der Waals surface area contributed by atoms with E-state index < -0.39 is 23.3 Å². The number of hydrogen-bond donors (Lipinski definition) is 0. The topological polar surface area (TPSA) is 69.2 Å². The monoisotopic (exact) mass is 588 g/mol. The van der Waals surface area contributed by atoms with E-state index in [9.17, 15) is 22.8 Å². The van der Waals surface area contributed by atoms with Crippen LogP contribution >= 0.6 is 11.8 Å². The Labute approximate surface area is 245 Å². The van der Waals surface area contributed by atoms with Crippen LogP contribution in [0.5, 0.6) is 0 Å². The van der Waals surface area contributed by atoms with Gasteiger partial charge in [0.15, 0.2) is 10.9 Å². The molecule has 0 aliphatic heterocycles. The van der Waals surface area contributed by atoms with Crippen molar-refractivity contribution in [2.24, 2.45) is 11.3 Å². The van der Waals surface area contributed by atoms with Crippen molar-refractivity contribution >= 4 is 29.1 Å². The Hall–Kier alpha value is -2.94. The Kier molecular flexibility index (Phi) is 11.0. The molecule has 1 atom stereocenters.